The van der Waals surface area contributed by atoms with Crippen LogP contribution in [0.4, 0.5) is 5.69 Å². The van der Waals surface area contributed by atoms with Gasteiger partial charge in [0.2, 0.25) is 0 Å². The molecule has 1 unspecified atom stereocenters. The number of Topliss-reactive ketones (excluding diaryl/α,β-unsaturated/α-hetero) is 1. The van der Waals surface area contributed by atoms with Gasteiger partial charge in [0.25, 0.3) is 0 Å². The molecule has 1 saturated heterocycles. The first-order valence-electron chi connectivity index (χ1n) is 9.06. The van der Waals surface area contributed by atoms with Crippen molar-refractivity contribution in [2.24, 2.45) is 5.92 Å². The minimum absolute atomic E-state index is 0.0987. The maximum Gasteiger partial charge on any atom is 0.186 e. The van der Waals surface area contributed by atoms with Crippen molar-refractivity contribution in [1.29, 1.82) is 0 Å². The molecular weight excluding hydrogens is 360 g/mol. The maximum absolute atomic E-state index is 12.8. The molecule has 4 rings (SSSR count). The van der Waals surface area contributed by atoms with E-state index in [0.29, 0.717) is 18.0 Å². The minimum atomic E-state index is 0.0987. The highest BCUT2D eigenvalue weighted by Crippen LogP contribution is 2.30. The Morgan fingerprint density at radius 1 is 1.23 bits per heavy atom. The Hall–Kier alpha value is -1.98. The monoisotopic (exact) mass is 382 g/mol. The lowest BCUT2D eigenvalue weighted by Gasteiger charge is -2.34. The van der Waals surface area contributed by atoms with Crippen molar-refractivity contribution in [1.82, 2.24) is 4.98 Å². The number of carbonyl (C=O) groups excluding carboxylic acids is 1. The van der Waals surface area contributed by atoms with Crippen LogP contribution in [0.5, 0.6) is 0 Å². The average molecular weight is 383 g/mol. The lowest BCUT2D eigenvalue weighted by atomic mass is 9.97. The van der Waals surface area contributed by atoms with Crippen LogP contribution in [0.1, 0.15) is 35.8 Å². The third-order valence-corrected chi connectivity index (χ3v) is 6.74. The number of thiophene rings is 1. The molecule has 1 aliphatic rings. The number of piperidine rings is 1. The summed E-state index contributed by atoms with van der Waals surface area (Å²) in [5, 5.41) is 4.86. The van der Waals surface area contributed by atoms with Gasteiger partial charge in [-0.1, -0.05) is 31.2 Å². The van der Waals surface area contributed by atoms with E-state index in [4.69, 9.17) is 0 Å². The van der Waals surface area contributed by atoms with Gasteiger partial charge in [-0.15, -0.1) is 22.7 Å². The Balaban J connectivity index is 1.53. The van der Waals surface area contributed by atoms with Crippen LogP contribution >= 0.6 is 22.7 Å². The molecule has 134 valence electrons. The average Bonchev–Trinajstić information content (AvgIpc) is 3.34. The summed E-state index contributed by atoms with van der Waals surface area (Å²) in [6.07, 6.45) is 2.93. The summed E-state index contributed by atoms with van der Waals surface area (Å²) in [5.41, 5.74) is 2.90. The van der Waals surface area contributed by atoms with E-state index in [0.717, 1.165) is 28.5 Å². The molecule has 0 radical (unpaired) electrons. The number of para-hydroxylation sites is 1. The van der Waals surface area contributed by atoms with Crippen molar-refractivity contribution >= 4 is 34.1 Å². The molecule has 0 bridgehead atoms. The normalized spacial score (nSPS) is 17.4. The van der Waals surface area contributed by atoms with E-state index in [1.165, 1.54) is 18.5 Å². The summed E-state index contributed by atoms with van der Waals surface area (Å²) in [6, 6.07) is 12.4. The zero-order chi connectivity index (χ0) is 17.9. The number of thiazole rings is 1. The van der Waals surface area contributed by atoms with Crippen molar-refractivity contribution in [3.8, 4) is 9.88 Å². The lowest BCUT2D eigenvalue weighted by Crippen LogP contribution is -2.35. The first-order valence-corrected chi connectivity index (χ1v) is 10.8. The van der Waals surface area contributed by atoms with Gasteiger partial charge in [-0.25, -0.2) is 4.98 Å². The third kappa shape index (κ3) is 3.74. The smallest absolute Gasteiger partial charge is 0.186 e. The van der Waals surface area contributed by atoms with Gasteiger partial charge < -0.3 is 4.90 Å². The summed E-state index contributed by atoms with van der Waals surface area (Å²) in [5.74, 6) is 0.806. The van der Waals surface area contributed by atoms with E-state index in [-0.39, 0.29) is 5.78 Å². The molecule has 1 aliphatic heterocycles. The molecule has 5 heteroatoms. The molecule has 0 spiro atoms. The van der Waals surface area contributed by atoms with E-state index in [2.05, 4.69) is 35.0 Å². The van der Waals surface area contributed by atoms with Gasteiger partial charge >= 0.3 is 0 Å². The number of nitrogens with zero attached hydrogens (tertiary/aromatic N) is 2. The lowest BCUT2D eigenvalue weighted by molar-refractivity contribution is 0.0989. The predicted molar refractivity (Wildman–Crippen MR) is 111 cm³/mol. The summed E-state index contributed by atoms with van der Waals surface area (Å²) < 4.78 is 0. The van der Waals surface area contributed by atoms with Crippen molar-refractivity contribution in [2.75, 3.05) is 18.0 Å². The Labute approximate surface area is 162 Å². The minimum Gasteiger partial charge on any atom is -0.371 e. The first-order chi connectivity index (χ1) is 12.7. The molecule has 3 heterocycles. The number of anilines is 1. The van der Waals surface area contributed by atoms with Crippen LogP contribution in [0, 0.1) is 5.92 Å². The highest BCUT2D eigenvalue weighted by molar-refractivity contribution is 7.20. The van der Waals surface area contributed by atoms with Gasteiger partial charge in [-0.2, -0.15) is 0 Å². The van der Waals surface area contributed by atoms with Gasteiger partial charge in [-0.05, 0) is 41.8 Å². The second-order valence-corrected chi connectivity index (χ2v) is 8.74. The highest BCUT2D eigenvalue weighted by Gasteiger charge is 2.20. The molecule has 0 aliphatic carbocycles. The number of aromatic nitrogens is 1. The fourth-order valence-electron chi connectivity index (χ4n) is 3.56. The van der Waals surface area contributed by atoms with E-state index in [1.54, 1.807) is 22.7 Å². The molecule has 3 nitrogen and oxygen atoms in total. The maximum atomic E-state index is 12.8. The standard InChI is InChI=1S/C21H22N2OS2/c1-15-6-4-10-23(13-15)18-8-3-2-7-16(18)12-19(24)17-14-26-21(22-17)20-9-5-11-25-20/h2-3,5,7-9,11,14-15H,4,6,10,12-13H2,1H3. The van der Waals surface area contributed by atoms with Crippen LogP contribution in [-0.4, -0.2) is 23.9 Å². The number of rotatable bonds is 5. The topological polar surface area (TPSA) is 33.2 Å². The van der Waals surface area contributed by atoms with E-state index >= 15 is 0 Å². The summed E-state index contributed by atoms with van der Waals surface area (Å²) in [6.45, 7) is 4.46. The number of carbonyl (C=O) groups is 1. The molecular formula is C21H22N2OS2. The number of hydrogen-bond acceptors (Lipinski definition) is 5. The Bertz CT molecular complexity index is 885. The molecule has 0 N–H and O–H groups in total. The van der Waals surface area contributed by atoms with Crippen molar-refractivity contribution in [3.63, 3.8) is 0 Å². The van der Waals surface area contributed by atoms with Crippen molar-refractivity contribution in [3.05, 3.63) is 58.4 Å². The van der Waals surface area contributed by atoms with Gasteiger partial charge in [0.05, 0.1) is 4.88 Å². The largest absolute Gasteiger partial charge is 0.371 e. The molecule has 3 aromatic rings. The highest BCUT2D eigenvalue weighted by atomic mass is 32.1. The Kier molecular flexibility index (Phi) is 5.18. The zero-order valence-electron chi connectivity index (χ0n) is 14.9. The van der Waals surface area contributed by atoms with Crippen LogP contribution in [-0.2, 0) is 6.42 Å². The van der Waals surface area contributed by atoms with E-state index < -0.39 is 0 Å². The van der Waals surface area contributed by atoms with Crippen LogP contribution in [0.3, 0.4) is 0 Å². The van der Waals surface area contributed by atoms with Crippen LogP contribution in [0.2, 0.25) is 0 Å². The molecule has 1 atom stereocenters. The van der Waals surface area contributed by atoms with Crippen molar-refractivity contribution in [2.45, 2.75) is 26.2 Å². The predicted octanol–water partition coefficient (Wildman–Crippen LogP) is 5.53. The molecule has 0 amide bonds. The molecule has 1 aromatic carbocycles. The molecule has 0 saturated carbocycles. The first kappa shape index (κ1) is 17.4. The van der Waals surface area contributed by atoms with Crippen LogP contribution in [0.25, 0.3) is 9.88 Å². The van der Waals surface area contributed by atoms with Crippen LogP contribution < -0.4 is 4.90 Å². The molecule has 26 heavy (non-hydrogen) atoms. The summed E-state index contributed by atoms with van der Waals surface area (Å²) >= 11 is 3.20. The summed E-state index contributed by atoms with van der Waals surface area (Å²) in [4.78, 5) is 21.0. The fraction of sp³-hybridized carbons (Fsp3) is 0.333. The summed E-state index contributed by atoms with van der Waals surface area (Å²) in [7, 11) is 0. The van der Waals surface area contributed by atoms with Gasteiger partial charge in [0, 0.05) is 30.6 Å². The van der Waals surface area contributed by atoms with Gasteiger partial charge in [0.1, 0.15) is 10.7 Å². The quantitative estimate of drug-likeness (QED) is 0.544. The zero-order valence-corrected chi connectivity index (χ0v) is 16.5. The van der Waals surface area contributed by atoms with Gasteiger partial charge in [-0.3, -0.25) is 4.79 Å². The van der Waals surface area contributed by atoms with Gasteiger partial charge in [0.15, 0.2) is 5.78 Å². The van der Waals surface area contributed by atoms with Crippen LogP contribution in [0.15, 0.2) is 47.2 Å². The Morgan fingerprint density at radius 3 is 2.92 bits per heavy atom. The fourth-order valence-corrected chi connectivity index (χ4v) is 5.19. The SMILES string of the molecule is CC1CCCN(c2ccccc2CC(=O)c2csc(-c3cccs3)n2)C1. The molecule has 2 aromatic heterocycles. The van der Waals surface area contributed by atoms with E-state index in [9.17, 15) is 4.79 Å². The molecule has 1 fully saturated rings. The van der Waals surface area contributed by atoms with E-state index in [1.807, 2.05) is 29.0 Å². The number of ketones is 1. The number of hydrogen-bond donors (Lipinski definition) is 0. The second kappa shape index (κ2) is 7.72. The Morgan fingerprint density at radius 2 is 2.12 bits per heavy atom. The third-order valence-electron chi connectivity index (χ3n) is 4.86. The van der Waals surface area contributed by atoms with Crippen molar-refractivity contribution < 1.29 is 4.79 Å². The number of benzene rings is 1. The second-order valence-electron chi connectivity index (χ2n) is 6.94.